The van der Waals surface area contributed by atoms with Crippen molar-refractivity contribution < 1.29 is 19.8 Å². The minimum absolute atomic E-state index is 0.440. The van der Waals surface area contributed by atoms with Crippen molar-refractivity contribution in [1.82, 2.24) is 10.3 Å². The molecule has 2 atom stereocenters. The molecule has 0 radical (unpaired) electrons. The van der Waals surface area contributed by atoms with Crippen molar-refractivity contribution >= 4 is 11.9 Å². The van der Waals surface area contributed by atoms with E-state index in [1.807, 2.05) is 0 Å². The van der Waals surface area contributed by atoms with E-state index in [0.29, 0.717) is 13.0 Å². The molecule has 7 nitrogen and oxygen atoms in total. The van der Waals surface area contributed by atoms with E-state index in [0.717, 1.165) is 25.8 Å². The van der Waals surface area contributed by atoms with E-state index >= 15 is 0 Å². The summed E-state index contributed by atoms with van der Waals surface area (Å²) in [5.74, 6) is 3.79. The summed E-state index contributed by atoms with van der Waals surface area (Å²) in [7, 11) is 0. The molecule has 0 aromatic rings. The number of rotatable bonds is 2. The lowest BCUT2D eigenvalue weighted by atomic mass is 10.0. The average molecular weight is 259 g/mol. The highest BCUT2D eigenvalue weighted by atomic mass is 16.4. The minimum atomic E-state index is -0.810. The number of hydrogen-bond donors (Lipinski definition) is 4. The Morgan fingerprint density at radius 2 is 2.06 bits per heavy atom. The summed E-state index contributed by atoms with van der Waals surface area (Å²) in [5, 5.41) is 21.4. The van der Waals surface area contributed by atoms with Crippen LogP contribution in [-0.4, -0.2) is 51.8 Å². The summed E-state index contributed by atoms with van der Waals surface area (Å²) < 4.78 is 0. The maximum absolute atomic E-state index is 10.5. The Balaban J connectivity index is 0.000000180. The van der Waals surface area contributed by atoms with Crippen LogP contribution in [0.3, 0.4) is 0 Å². The Morgan fingerprint density at radius 1 is 1.39 bits per heavy atom. The molecule has 0 bridgehead atoms. The molecule has 0 unspecified atom stereocenters. The Morgan fingerprint density at radius 3 is 2.28 bits per heavy atom. The number of nitrogens with one attached hydrogen (secondary N) is 1. The highest BCUT2D eigenvalue weighted by Crippen LogP contribution is 2.17. The van der Waals surface area contributed by atoms with Gasteiger partial charge in [0, 0.05) is 6.54 Å². The Bertz CT molecular complexity index is 315. The van der Waals surface area contributed by atoms with Crippen LogP contribution >= 0.6 is 0 Å². The zero-order chi connectivity index (χ0) is 13.8. The Kier molecular flexibility index (Phi) is 5.06. The molecule has 104 valence electrons. The second kappa shape index (κ2) is 6.12. The molecule has 2 saturated heterocycles. The molecule has 2 heterocycles. The molecule has 2 fully saturated rings. The minimum Gasteiger partial charge on any atom is -0.480 e. The van der Waals surface area contributed by atoms with Crippen LogP contribution < -0.4 is 11.2 Å². The molecule has 18 heavy (non-hydrogen) atoms. The topological polar surface area (TPSA) is 116 Å². The molecule has 7 heteroatoms. The predicted molar refractivity (Wildman–Crippen MR) is 64.8 cm³/mol. The van der Waals surface area contributed by atoms with Gasteiger partial charge in [0.15, 0.2) is 0 Å². The van der Waals surface area contributed by atoms with Crippen molar-refractivity contribution in [3.05, 3.63) is 0 Å². The summed E-state index contributed by atoms with van der Waals surface area (Å²) >= 11 is 0. The number of carboxylic acids is 2. The van der Waals surface area contributed by atoms with Crippen LogP contribution in [0.15, 0.2) is 0 Å². The third-order valence-electron chi connectivity index (χ3n) is 3.42. The first-order chi connectivity index (χ1) is 8.37. The van der Waals surface area contributed by atoms with Gasteiger partial charge in [0.05, 0.1) is 0 Å². The highest BCUT2D eigenvalue weighted by Gasteiger charge is 2.35. The summed E-state index contributed by atoms with van der Waals surface area (Å²) in [6.45, 7) is 3.27. The fourth-order valence-electron chi connectivity index (χ4n) is 2.13. The SMILES string of the molecule is C[C@@]1(C(=O)O)CCCN1.NN1CCC[C@H]1C(=O)O. The van der Waals surface area contributed by atoms with Crippen LogP contribution in [0.2, 0.25) is 0 Å². The monoisotopic (exact) mass is 259 g/mol. The summed E-state index contributed by atoms with van der Waals surface area (Å²) in [6.07, 6.45) is 3.31. The number of carbonyl (C=O) groups is 2. The molecule has 0 saturated carbocycles. The lowest BCUT2D eigenvalue weighted by molar-refractivity contribution is -0.143. The number of carboxylic acid groups (broad SMARTS) is 2. The second-order valence-electron chi connectivity index (χ2n) is 4.90. The Hall–Kier alpha value is -1.18. The average Bonchev–Trinajstić information content (AvgIpc) is 2.88. The van der Waals surface area contributed by atoms with Crippen molar-refractivity contribution in [3.8, 4) is 0 Å². The molecule has 5 N–H and O–H groups in total. The maximum atomic E-state index is 10.5. The lowest BCUT2D eigenvalue weighted by Gasteiger charge is -2.16. The molecular formula is C11H21N3O4. The van der Waals surface area contributed by atoms with Crippen molar-refractivity contribution in [2.75, 3.05) is 13.1 Å². The van der Waals surface area contributed by atoms with E-state index in [9.17, 15) is 9.59 Å². The van der Waals surface area contributed by atoms with Gasteiger partial charge in [0.2, 0.25) is 0 Å². The van der Waals surface area contributed by atoms with Gasteiger partial charge in [-0.1, -0.05) is 0 Å². The molecule has 0 amide bonds. The number of hydrazine groups is 1. The van der Waals surface area contributed by atoms with Gasteiger partial charge < -0.3 is 15.5 Å². The summed E-state index contributed by atoms with van der Waals surface area (Å²) in [6, 6.07) is -0.440. The molecular weight excluding hydrogens is 238 g/mol. The van der Waals surface area contributed by atoms with Gasteiger partial charge in [-0.2, -0.15) is 0 Å². The number of nitrogens with two attached hydrogens (primary N) is 1. The highest BCUT2D eigenvalue weighted by molar-refractivity contribution is 5.78. The fraction of sp³-hybridized carbons (Fsp3) is 0.818. The largest absolute Gasteiger partial charge is 0.480 e. The van der Waals surface area contributed by atoms with Crippen LogP contribution in [0.1, 0.15) is 32.6 Å². The predicted octanol–water partition coefficient (Wildman–Crippen LogP) is -0.378. The normalized spacial score (nSPS) is 31.8. The molecule has 2 aliphatic heterocycles. The van der Waals surface area contributed by atoms with Crippen molar-refractivity contribution in [2.45, 2.75) is 44.2 Å². The first-order valence-electron chi connectivity index (χ1n) is 6.09. The summed E-state index contributed by atoms with van der Waals surface area (Å²) in [5.41, 5.74) is -0.639. The van der Waals surface area contributed by atoms with Gasteiger partial charge in [0.1, 0.15) is 11.6 Å². The third-order valence-corrected chi connectivity index (χ3v) is 3.42. The van der Waals surface area contributed by atoms with E-state index in [2.05, 4.69) is 5.32 Å². The summed E-state index contributed by atoms with van der Waals surface area (Å²) in [4.78, 5) is 20.8. The van der Waals surface area contributed by atoms with Gasteiger partial charge in [-0.15, -0.1) is 0 Å². The quantitative estimate of drug-likeness (QED) is 0.500. The first kappa shape index (κ1) is 14.9. The zero-order valence-electron chi connectivity index (χ0n) is 10.6. The zero-order valence-corrected chi connectivity index (χ0v) is 10.6. The molecule has 0 spiro atoms. The third kappa shape index (κ3) is 3.66. The number of aliphatic carboxylic acids is 2. The molecule has 2 aliphatic rings. The number of nitrogens with zero attached hydrogens (tertiary/aromatic N) is 1. The van der Waals surface area contributed by atoms with Crippen molar-refractivity contribution in [2.24, 2.45) is 5.84 Å². The van der Waals surface area contributed by atoms with Crippen LogP contribution in [0.4, 0.5) is 0 Å². The van der Waals surface area contributed by atoms with Crippen LogP contribution in [-0.2, 0) is 9.59 Å². The van der Waals surface area contributed by atoms with E-state index in [-0.39, 0.29) is 0 Å². The van der Waals surface area contributed by atoms with Crippen LogP contribution in [0.5, 0.6) is 0 Å². The van der Waals surface area contributed by atoms with Gasteiger partial charge in [0.25, 0.3) is 0 Å². The standard InChI is InChI=1S/C6H11NO2.C5H10N2O2/c1-6(5(8)9)3-2-4-7-6;6-7-3-1-2-4(7)5(8)9/h7H,2-4H2,1H3,(H,8,9);4H,1-3,6H2,(H,8,9)/t6-;4-/m00/s1. The Labute approximate surface area is 106 Å². The molecule has 0 aromatic carbocycles. The molecule has 0 aliphatic carbocycles. The van der Waals surface area contributed by atoms with Crippen molar-refractivity contribution in [3.63, 3.8) is 0 Å². The van der Waals surface area contributed by atoms with Crippen LogP contribution in [0, 0.1) is 0 Å². The van der Waals surface area contributed by atoms with Crippen molar-refractivity contribution in [1.29, 1.82) is 0 Å². The van der Waals surface area contributed by atoms with Gasteiger partial charge in [-0.05, 0) is 39.2 Å². The lowest BCUT2D eigenvalue weighted by Crippen LogP contribution is -2.44. The number of hydrogen-bond acceptors (Lipinski definition) is 5. The van der Waals surface area contributed by atoms with Crippen LogP contribution in [0.25, 0.3) is 0 Å². The van der Waals surface area contributed by atoms with E-state index in [1.165, 1.54) is 5.01 Å². The van der Waals surface area contributed by atoms with Gasteiger partial charge in [-0.3, -0.25) is 15.4 Å². The fourth-order valence-corrected chi connectivity index (χ4v) is 2.13. The smallest absolute Gasteiger partial charge is 0.323 e. The van der Waals surface area contributed by atoms with Gasteiger partial charge in [-0.25, -0.2) is 5.01 Å². The van der Waals surface area contributed by atoms with Gasteiger partial charge >= 0.3 is 11.9 Å². The second-order valence-corrected chi connectivity index (χ2v) is 4.90. The maximum Gasteiger partial charge on any atom is 0.323 e. The van der Waals surface area contributed by atoms with E-state index < -0.39 is 23.5 Å². The first-order valence-corrected chi connectivity index (χ1v) is 6.09. The van der Waals surface area contributed by atoms with E-state index in [4.69, 9.17) is 16.1 Å². The molecule has 2 rings (SSSR count). The van der Waals surface area contributed by atoms with E-state index in [1.54, 1.807) is 6.92 Å². The molecule has 0 aromatic heterocycles.